The summed E-state index contributed by atoms with van der Waals surface area (Å²) >= 11 is 0. The molecule has 6 nitrogen and oxygen atoms in total. The molecule has 0 aliphatic carbocycles. The van der Waals surface area contributed by atoms with Gasteiger partial charge in [0.2, 0.25) is 0 Å². The number of hydrogen-bond donors (Lipinski definition) is 1. The lowest BCUT2D eigenvalue weighted by molar-refractivity contribution is 0.0696. The van der Waals surface area contributed by atoms with Crippen LogP contribution in [0.5, 0.6) is 0 Å². The van der Waals surface area contributed by atoms with E-state index in [0.717, 1.165) is 36.0 Å². The Kier molecular flexibility index (Phi) is 4.34. The van der Waals surface area contributed by atoms with Gasteiger partial charge < -0.3 is 14.5 Å². The van der Waals surface area contributed by atoms with Gasteiger partial charge in [-0.15, -0.1) is 0 Å². The number of rotatable bonds is 2. The van der Waals surface area contributed by atoms with Gasteiger partial charge in [-0.3, -0.25) is 9.59 Å². The average molecular weight is 364 g/mol. The number of aromatic nitrogens is 3. The van der Waals surface area contributed by atoms with Gasteiger partial charge >= 0.3 is 0 Å². The number of carbonyl (C=O) groups excluding carboxylic acids is 1. The molecule has 3 heterocycles. The molecule has 1 N–H and O–H groups in total. The molecule has 0 bridgehead atoms. The highest BCUT2D eigenvalue weighted by molar-refractivity contribution is 5.99. The Bertz CT molecular complexity index is 1080. The van der Waals surface area contributed by atoms with E-state index in [-0.39, 0.29) is 17.4 Å². The second-order valence-electron chi connectivity index (χ2n) is 7.50. The molecule has 3 aromatic rings. The fourth-order valence-electron chi connectivity index (χ4n) is 4.05. The van der Waals surface area contributed by atoms with Gasteiger partial charge in [-0.25, -0.2) is 4.98 Å². The summed E-state index contributed by atoms with van der Waals surface area (Å²) in [4.78, 5) is 34.1. The Hall–Kier alpha value is -2.89. The first-order valence-electron chi connectivity index (χ1n) is 9.35. The van der Waals surface area contributed by atoms with E-state index in [2.05, 4.69) is 35.1 Å². The van der Waals surface area contributed by atoms with Crippen LogP contribution in [0.15, 0.2) is 35.1 Å². The fourth-order valence-corrected chi connectivity index (χ4v) is 4.05. The van der Waals surface area contributed by atoms with Crippen LogP contribution >= 0.6 is 0 Å². The minimum atomic E-state index is -0.134. The zero-order valence-electron chi connectivity index (χ0n) is 16.0. The van der Waals surface area contributed by atoms with Gasteiger partial charge in [-0.2, -0.15) is 0 Å². The van der Waals surface area contributed by atoms with Crippen LogP contribution in [0.3, 0.4) is 0 Å². The third-order valence-corrected chi connectivity index (χ3v) is 5.42. The first-order valence-corrected chi connectivity index (χ1v) is 9.35. The number of aromatic amines is 1. The van der Waals surface area contributed by atoms with Crippen LogP contribution in [0.1, 0.15) is 46.3 Å². The van der Waals surface area contributed by atoms with Crippen molar-refractivity contribution in [2.75, 3.05) is 13.1 Å². The van der Waals surface area contributed by atoms with Crippen molar-refractivity contribution in [3.8, 4) is 0 Å². The average Bonchev–Trinajstić information content (AvgIpc) is 2.96. The lowest BCUT2D eigenvalue weighted by Gasteiger charge is -2.32. The van der Waals surface area contributed by atoms with E-state index in [1.165, 1.54) is 5.56 Å². The minimum Gasteiger partial charge on any atom is -0.340 e. The van der Waals surface area contributed by atoms with Crippen LogP contribution in [-0.2, 0) is 7.05 Å². The molecule has 4 rings (SSSR count). The van der Waals surface area contributed by atoms with Crippen molar-refractivity contribution in [2.45, 2.75) is 32.6 Å². The van der Waals surface area contributed by atoms with Crippen molar-refractivity contribution in [1.29, 1.82) is 0 Å². The van der Waals surface area contributed by atoms with E-state index in [1.54, 1.807) is 13.0 Å². The van der Waals surface area contributed by atoms with Gasteiger partial charge in [-0.05, 0) is 44.9 Å². The highest BCUT2D eigenvalue weighted by Crippen LogP contribution is 2.27. The molecule has 1 aromatic carbocycles. The SMILES string of the molecule is Cc1ccc2c(c1)cc(C(=O)N1CCC[C@H](c3cc(=O)[nH]c(C)n3)C1)n2C. The summed E-state index contributed by atoms with van der Waals surface area (Å²) in [5.41, 5.74) is 3.59. The van der Waals surface area contributed by atoms with Crippen molar-refractivity contribution in [3.05, 3.63) is 63.5 Å². The summed E-state index contributed by atoms with van der Waals surface area (Å²) in [5, 5.41) is 1.08. The third kappa shape index (κ3) is 3.27. The van der Waals surface area contributed by atoms with Crippen molar-refractivity contribution in [3.63, 3.8) is 0 Å². The Morgan fingerprint density at radius 3 is 2.81 bits per heavy atom. The number of aryl methyl sites for hydroxylation is 3. The van der Waals surface area contributed by atoms with Crippen molar-refractivity contribution < 1.29 is 4.79 Å². The van der Waals surface area contributed by atoms with Crippen molar-refractivity contribution in [2.24, 2.45) is 7.05 Å². The number of likely N-dealkylation sites (tertiary alicyclic amines) is 1. The Balaban J connectivity index is 1.62. The van der Waals surface area contributed by atoms with Crippen molar-refractivity contribution >= 4 is 16.8 Å². The predicted molar refractivity (Wildman–Crippen MR) is 105 cm³/mol. The van der Waals surface area contributed by atoms with Gasteiger partial charge in [-0.1, -0.05) is 11.6 Å². The molecule has 1 atom stereocenters. The highest BCUT2D eigenvalue weighted by Gasteiger charge is 2.28. The van der Waals surface area contributed by atoms with Crippen LogP contribution in [-0.4, -0.2) is 38.4 Å². The number of piperidine rings is 1. The van der Waals surface area contributed by atoms with E-state index in [9.17, 15) is 9.59 Å². The maximum Gasteiger partial charge on any atom is 0.270 e. The van der Waals surface area contributed by atoms with Crippen LogP contribution in [0, 0.1) is 13.8 Å². The Morgan fingerprint density at radius 2 is 2.04 bits per heavy atom. The molecule has 6 heteroatoms. The van der Waals surface area contributed by atoms with Crippen LogP contribution in [0.2, 0.25) is 0 Å². The smallest absolute Gasteiger partial charge is 0.270 e. The number of benzene rings is 1. The predicted octanol–water partition coefficient (Wildman–Crippen LogP) is 2.90. The van der Waals surface area contributed by atoms with Crippen LogP contribution in [0.25, 0.3) is 10.9 Å². The molecule has 1 saturated heterocycles. The molecule has 1 amide bonds. The van der Waals surface area contributed by atoms with Crippen LogP contribution < -0.4 is 5.56 Å². The van der Waals surface area contributed by atoms with Crippen LogP contribution in [0.4, 0.5) is 0 Å². The molecule has 0 spiro atoms. The Morgan fingerprint density at radius 1 is 1.22 bits per heavy atom. The molecule has 0 radical (unpaired) electrons. The van der Waals surface area contributed by atoms with Crippen molar-refractivity contribution in [1.82, 2.24) is 19.4 Å². The molecular weight excluding hydrogens is 340 g/mol. The summed E-state index contributed by atoms with van der Waals surface area (Å²) in [6, 6.07) is 9.76. The molecule has 0 saturated carbocycles. The van der Waals surface area contributed by atoms with Gasteiger partial charge in [0.05, 0.1) is 5.69 Å². The molecule has 0 unspecified atom stereocenters. The quantitative estimate of drug-likeness (QED) is 0.760. The number of hydrogen-bond acceptors (Lipinski definition) is 3. The molecule has 140 valence electrons. The molecule has 1 fully saturated rings. The number of nitrogens with zero attached hydrogens (tertiary/aromatic N) is 3. The van der Waals surface area contributed by atoms with Gasteiger partial charge in [0.15, 0.2) is 0 Å². The molecular formula is C21H24N4O2. The number of nitrogens with one attached hydrogen (secondary N) is 1. The normalized spacial score (nSPS) is 17.4. The molecule has 1 aliphatic heterocycles. The van der Waals surface area contributed by atoms with Gasteiger partial charge in [0.1, 0.15) is 11.5 Å². The number of H-pyrrole nitrogens is 1. The molecule has 1 aliphatic rings. The highest BCUT2D eigenvalue weighted by atomic mass is 16.2. The Labute approximate surface area is 157 Å². The topological polar surface area (TPSA) is 71.0 Å². The second-order valence-corrected chi connectivity index (χ2v) is 7.50. The summed E-state index contributed by atoms with van der Waals surface area (Å²) < 4.78 is 1.97. The molecule has 2 aromatic heterocycles. The maximum atomic E-state index is 13.2. The second kappa shape index (κ2) is 6.68. The van der Waals surface area contributed by atoms with E-state index < -0.39 is 0 Å². The lowest BCUT2D eigenvalue weighted by Crippen LogP contribution is -2.40. The monoisotopic (exact) mass is 364 g/mol. The summed E-state index contributed by atoms with van der Waals surface area (Å²) in [6.45, 7) is 5.17. The largest absolute Gasteiger partial charge is 0.340 e. The zero-order chi connectivity index (χ0) is 19.1. The molecule has 27 heavy (non-hydrogen) atoms. The van der Waals surface area contributed by atoms with E-state index in [0.29, 0.717) is 18.1 Å². The van der Waals surface area contributed by atoms with E-state index >= 15 is 0 Å². The van der Waals surface area contributed by atoms with Gasteiger partial charge in [0.25, 0.3) is 11.5 Å². The minimum absolute atomic E-state index is 0.0395. The number of carbonyl (C=O) groups is 1. The summed E-state index contributed by atoms with van der Waals surface area (Å²) in [6.07, 6.45) is 1.85. The maximum absolute atomic E-state index is 13.2. The summed E-state index contributed by atoms with van der Waals surface area (Å²) in [5.74, 6) is 0.753. The van der Waals surface area contributed by atoms with E-state index in [1.807, 2.05) is 22.6 Å². The van der Waals surface area contributed by atoms with Gasteiger partial charge in [0, 0.05) is 43.0 Å². The standard InChI is InChI=1S/C21H24N4O2/c1-13-6-7-18-16(9-13)10-19(24(18)3)21(27)25-8-4-5-15(12-25)17-11-20(26)23-14(2)22-17/h6-7,9-11,15H,4-5,8,12H2,1-3H3,(H,22,23,26)/t15-/m0/s1. The fraction of sp³-hybridized carbons (Fsp3) is 0.381. The zero-order valence-corrected chi connectivity index (χ0v) is 16.0. The lowest BCUT2D eigenvalue weighted by atomic mass is 9.94. The number of fused-ring (bicyclic) bond motifs is 1. The third-order valence-electron chi connectivity index (χ3n) is 5.42. The number of amides is 1. The first-order chi connectivity index (χ1) is 12.9. The summed E-state index contributed by atoms with van der Waals surface area (Å²) in [7, 11) is 1.94. The van der Waals surface area contributed by atoms with E-state index in [4.69, 9.17) is 0 Å². The first kappa shape index (κ1) is 17.5.